The van der Waals surface area contributed by atoms with Gasteiger partial charge in [0.1, 0.15) is 0 Å². The molecule has 0 amide bonds. The number of hydrogen-bond donors (Lipinski definition) is 2. The van der Waals surface area contributed by atoms with E-state index in [9.17, 15) is 5.11 Å². The van der Waals surface area contributed by atoms with Crippen LogP contribution in [0.4, 0.5) is 0 Å². The Bertz CT molecular complexity index is 584. The van der Waals surface area contributed by atoms with Gasteiger partial charge in [-0.15, -0.1) is 0 Å². The summed E-state index contributed by atoms with van der Waals surface area (Å²) in [5.74, 6) is 0.753. The van der Waals surface area contributed by atoms with Crippen molar-refractivity contribution in [3.05, 3.63) is 58.1 Å². The van der Waals surface area contributed by atoms with E-state index in [2.05, 4.69) is 40.3 Å². The summed E-state index contributed by atoms with van der Waals surface area (Å²) < 4.78 is 6.47. The first-order chi connectivity index (χ1) is 10.1. The molecule has 0 aliphatic rings. The first-order valence-corrected chi connectivity index (χ1v) is 7.83. The second-order valence-corrected chi connectivity index (χ2v) is 5.77. The standard InChI is InChI=1S/C17H20BrNO2/c1-3-21-16-6-4-5-14(17(16)20)11-19-12(2)13-7-9-15(18)10-8-13/h4-10,12,19-20H,3,11H2,1-2H3/t12-/m1/s1. The van der Waals surface area contributed by atoms with Crippen molar-refractivity contribution in [3.63, 3.8) is 0 Å². The number of rotatable bonds is 6. The smallest absolute Gasteiger partial charge is 0.162 e. The third-order valence-corrected chi connectivity index (χ3v) is 3.88. The minimum atomic E-state index is 0.202. The lowest BCUT2D eigenvalue weighted by Crippen LogP contribution is -2.18. The molecule has 0 saturated heterocycles. The third kappa shape index (κ3) is 4.22. The number of phenolic OH excluding ortho intramolecular Hbond substituents is 1. The summed E-state index contributed by atoms with van der Waals surface area (Å²) in [6.45, 7) is 5.14. The largest absolute Gasteiger partial charge is 0.504 e. The highest BCUT2D eigenvalue weighted by Gasteiger charge is 2.10. The van der Waals surface area contributed by atoms with E-state index in [4.69, 9.17) is 4.74 Å². The van der Waals surface area contributed by atoms with Crippen LogP contribution in [0, 0.1) is 0 Å². The van der Waals surface area contributed by atoms with Crippen LogP contribution >= 0.6 is 15.9 Å². The Labute approximate surface area is 134 Å². The Morgan fingerprint density at radius 2 is 1.90 bits per heavy atom. The van der Waals surface area contributed by atoms with Gasteiger partial charge in [0, 0.05) is 22.6 Å². The van der Waals surface area contributed by atoms with Crippen molar-refractivity contribution in [2.24, 2.45) is 0 Å². The van der Waals surface area contributed by atoms with Crippen LogP contribution in [0.5, 0.6) is 11.5 Å². The zero-order chi connectivity index (χ0) is 15.2. The van der Waals surface area contributed by atoms with Gasteiger partial charge in [0.25, 0.3) is 0 Å². The molecule has 3 nitrogen and oxygen atoms in total. The van der Waals surface area contributed by atoms with Gasteiger partial charge in [0.2, 0.25) is 0 Å². The summed E-state index contributed by atoms with van der Waals surface area (Å²) in [4.78, 5) is 0. The molecule has 21 heavy (non-hydrogen) atoms. The number of phenols is 1. The van der Waals surface area contributed by atoms with Crippen molar-refractivity contribution in [2.45, 2.75) is 26.4 Å². The lowest BCUT2D eigenvalue weighted by atomic mass is 10.1. The van der Waals surface area contributed by atoms with Crippen LogP contribution in [0.15, 0.2) is 46.9 Å². The highest BCUT2D eigenvalue weighted by Crippen LogP contribution is 2.30. The van der Waals surface area contributed by atoms with Gasteiger partial charge < -0.3 is 15.2 Å². The average Bonchev–Trinajstić information content (AvgIpc) is 2.49. The summed E-state index contributed by atoms with van der Waals surface area (Å²) in [6, 6.07) is 14.0. The Kier molecular flexibility index (Phi) is 5.65. The van der Waals surface area contributed by atoms with Crippen molar-refractivity contribution in [3.8, 4) is 11.5 Å². The van der Waals surface area contributed by atoms with Gasteiger partial charge in [-0.3, -0.25) is 0 Å². The van der Waals surface area contributed by atoms with E-state index in [1.807, 2.05) is 31.2 Å². The predicted octanol–water partition coefficient (Wildman–Crippen LogP) is 4.40. The Hall–Kier alpha value is -1.52. The molecular formula is C17H20BrNO2. The van der Waals surface area contributed by atoms with Crippen molar-refractivity contribution >= 4 is 15.9 Å². The van der Waals surface area contributed by atoms with Gasteiger partial charge in [0.15, 0.2) is 11.5 Å². The van der Waals surface area contributed by atoms with Gasteiger partial charge in [-0.1, -0.05) is 40.2 Å². The molecule has 0 aliphatic carbocycles. The number of nitrogens with one attached hydrogen (secondary N) is 1. The zero-order valence-electron chi connectivity index (χ0n) is 12.3. The number of aromatic hydroxyl groups is 1. The summed E-state index contributed by atoms with van der Waals surface area (Å²) in [5.41, 5.74) is 2.04. The molecule has 112 valence electrons. The first-order valence-electron chi connectivity index (χ1n) is 7.04. The molecule has 0 spiro atoms. The maximum absolute atomic E-state index is 10.2. The zero-order valence-corrected chi connectivity index (χ0v) is 13.9. The third-order valence-electron chi connectivity index (χ3n) is 3.35. The summed E-state index contributed by atoms with van der Waals surface area (Å²) in [5, 5.41) is 13.6. The SMILES string of the molecule is CCOc1cccc(CN[C@H](C)c2ccc(Br)cc2)c1O. The molecule has 2 rings (SSSR count). The van der Waals surface area contributed by atoms with E-state index in [0.29, 0.717) is 18.9 Å². The van der Waals surface area contributed by atoms with E-state index in [0.717, 1.165) is 10.0 Å². The molecule has 0 bridgehead atoms. The first kappa shape index (κ1) is 15.9. The molecule has 0 unspecified atom stereocenters. The Balaban J connectivity index is 2.02. The monoisotopic (exact) mass is 349 g/mol. The molecule has 0 saturated carbocycles. The topological polar surface area (TPSA) is 41.5 Å². The molecule has 0 fully saturated rings. The number of ether oxygens (including phenoxy) is 1. The molecule has 4 heteroatoms. The predicted molar refractivity (Wildman–Crippen MR) is 88.7 cm³/mol. The van der Waals surface area contributed by atoms with Crippen LogP contribution < -0.4 is 10.1 Å². The van der Waals surface area contributed by atoms with Gasteiger partial charge in [0.05, 0.1) is 6.61 Å². The van der Waals surface area contributed by atoms with E-state index in [1.54, 1.807) is 6.07 Å². The molecule has 1 atom stereocenters. The molecule has 0 heterocycles. The second-order valence-electron chi connectivity index (χ2n) is 4.85. The number of para-hydroxylation sites is 1. The summed E-state index contributed by atoms with van der Waals surface area (Å²) in [7, 11) is 0. The Morgan fingerprint density at radius 3 is 2.57 bits per heavy atom. The van der Waals surface area contributed by atoms with Crippen LogP contribution in [0.2, 0.25) is 0 Å². The summed E-state index contributed by atoms with van der Waals surface area (Å²) in [6.07, 6.45) is 0. The van der Waals surface area contributed by atoms with Crippen molar-refractivity contribution in [1.29, 1.82) is 0 Å². The molecule has 2 aromatic rings. The lowest BCUT2D eigenvalue weighted by molar-refractivity contribution is 0.316. The van der Waals surface area contributed by atoms with Gasteiger partial charge in [-0.2, -0.15) is 0 Å². The van der Waals surface area contributed by atoms with E-state index < -0.39 is 0 Å². The molecule has 2 aromatic carbocycles. The van der Waals surface area contributed by atoms with E-state index >= 15 is 0 Å². The van der Waals surface area contributed by atoms with Crippen LogP contribution in [0.25, 0.3) is 0 Å². The molecule has 2 N–H and O–H groups in total. The second kappa shape index (κ2) is 7.48. The average molecular weight is 350 g/mol. The van der Waals surface area contributed by atoms with E-state index in [-0.39, 0.29) is 11.8 Å². The highest BCUT2D eigenvalue weighted by atomic mass is 79.9. The lowest BCUT2D eigenvalue weighted by Gasteiger charge is -2.16. The fraction of sp³-hybridized carbons (Fsp3) is 0.294. The normalized spacial score (nSPS) is 12.1. The minimum Gasteiger partial charge on any atom is -0.504 e. The molecule has 0 aromatic heterocycles. The fourth-order valence-corrected chi connectivity index (χ4v) is 2.38. The fourth-order valence-electron chi connectivity index (χ4n) is 2.11. The van der Waals surface area contributed by atoms with Gasteiger partial charge in [-0.05, 0) is 37.6 Å². The van der Waals surface area contributed by atoms with Crippen molar-refractivity contribution < 1.29 is 9.84 Å². The highest BCUT2D eigenvalue weighted by molar-refractivity contribution is 9.10. The minimum absolute atomic E-state index is 0.202. The van der Waals surface area contributed by atoms with Crippen molar-refractivity contribution in [1.82, 2.24) is 5.32 Å². The number of benzene rings is 2. The van der Waals surface area contributed by atoms with Gasteiger partial charge >= 0.3 is 0 Å². The number of hydrogen-bond acceptors (Lipinski definition) is 3. The molecule has 0 aliphatic heterocycles. The van der Waals surface area contributed by atoms with E-state index in [1.165, 1.54) is 5.56 Å². The van der Waals surface area contributed by atoms with Gasteiger partial charge in [-0.25, -0.2) is 0 Å². The van der Waals surface area contributed by atoms with Crippen LogP contribution in [0.1, 0.15) is 31.0 Å². The van der Waals surface area contributed by atoms with Crippen LogP contribution in [-0.2, 0) is 6.54 Å². The quantitative estimate of drug-likeness (QED) is 0.811. The molecule has 0 radical (unpaired) electrons. The van der Waals surface area contributed by atoms with Crippen LogP contribution in [0.3, 0.4) is 0 Å². The van der Waals surface area contributed by atoms with Crippen LogP contribution in [-0.4, -0.2) is 11.7 Å². The maximum atomic E-state index is 10.2. The summed E-state index contributed by atoms with van der Waals surface area (Å²) >= 11 is 3.44. The Morgan fingerprint density at radius 1 is 1.19 bits per heavy atom. The molecular weight excluding hydrogens is 330 g/mol. The van der Waals surface area contributed by atoms with Crippen molar-refractivity contribution in [2.75, 3.05) is 6.61 Å². The maximum Gasteiger partial charge on any atom is 0.162 e. The number of halogens is 1.